The van der Waals surface area contributed by atoms with Crippen molar-refractivity contribution in [3.05, 3.63) is 65.7 Å². The van der Waals surface area contributed by atoms with Crippen LogP contribution >= 0.6 is 0 Å². The minimum atomic E-state index is -0.185. The van der Waals surface area contributed by atoms with Gasteiger partial charge in [-0.2, -0.15) is 0 Å². The Balaban J connectivity index is 1.63. The van der Waals surface area contributed by atoms with Gasteiger partial charge in [0, 0.05) is 7.11 Å². The van der Waals surface area contributed by atoms with Gasteiger partial charge in [-0.25, -0.2) is 9.07 Å². The number of piperazine rings is 1. The van der Waals surface area contributed by atoms with E-state index in [9.17, 15) is 4.39 Å². The average Bonchev–Trinajstić information content (AvgIpc) is 3.27. The summed E-state index contributed by atoms with van der Waals surface area (Å²) in [5.41, 5.74) is 1.69. The zero-order valence-corrected chi connectivity index (χ0v) is 17.9. The first kappa shape index (κ1) is 21.2. The Kier molecular flexibility index (Phi) is 6.73. The van der Waals surface area contributed by atoms with Crippen LogP contribution in [0.2, 0.25) is 0 Å². The van der Waals surface area contributed by atoms with Gasteiger partial charge in [-0.1, -0.05) is 24.3 Å². The molecule has 0 amide bonds. The summed E-state index contributed by atoms with van der Waals surface area (Å²) >= 11 is 0. The Hall–Kier alpha value is -3.04. The smallest absolute Gasteiger partial charge is 0.214 e. The van der Waals surface area contributed by atoms with E-state index >= 15 is 0 Å². The molecule has 1 aromatic heterocycles. The molecule has 1 atom stereocenters. The van der Waals surface area contributed by atoms with Crippen molar-refractivity contribution in [3.8, 4) is 5.75 Å². The van der Waals surface area contributed by atoms with Crippen LogP contribution in [0.5, 0.6) is 5.75 Å². The highest BCUT2D eigenvalue weighted by atomic mass is 19.1. The van der Waals surface area contributed by atoms with Gasteiger partial charge in [-0.05, 0) is 34.7 Å². The average molecular weight is 428 g/mol. The highest BCUT2D eigenvalue weighted by Crippen LogP contribution is 2.27. The van der Waals surface area contributed by atoms with Gasteiger partial charge in [0.15, 0.2) is 6.04 Å². The van der Waals surface area contributed by atoms with E-state index in [1.165, 1.54) is 11.0 Å². The fourth-order valence-corrected chi connectivity index (χ4v) is 4.23. The molecule has 2 heterocycles. The molecule has 4 rings (SSSR count). The molecule has 2 aromatic carbocycles. The Bertz CT molecular complexity index is 989. The van der Waals surface area contributed by atoms with Crippen molar-refractivity contribution in [2.75, 3.05) is 51.9 Å². The van der Waals surface area contributed by atoms with Crippen molar-refractivity contribution in [2.45, 2.75) is 12.6 Å². The van der Waals surface area contributed by atoms with E-state index < -0.39 is 0 Å². The minimum absolute atomic E-state index is 0.106. The van der Waals surface area contributed by atoms with Crippen molar-refractivity contribution in [1.82, 2.24) is 20.2 Å². The monoisotopic (exact) mass is 427 g/mol. The van der Waals surface area contributed by atoms with Crippen molar-refractivity contribution in [2.24, 2.45) is 0 Å². The Morgan fingerprint density at radius 3 is 2.55 bits per heavy atom. The first-order valence-electron chi connectivity index (χ1n) is 10.4. The number of ether oxygens (including phenoxy) is 2. The number of aromatic nitrogens is 4. The van der Waals surface area contributed by atoms with Gasteiger partial charge >= 0.3 is 0 Å². The van der Waals surface area contributed by atoms with Crippen LogP contribution < -0.4 is 14.5 Å². The molecule has 0 spiro atoms. The molecule has 1 aliphatic heterocycles. The van der Waals surface area contributed by atoms with E-state index in [0.717, 1.165) is 43.3 Å². The fraction of sp³-hybridized carbons (Fsp3) is 0.409. The molecule has 1 aliphatic rings. The third-order valence-corrected chi connectivity index (χ3v) is 5.78. The summed E-state index contributed by atoms with van der Waals surface area (Å²) < 4.78 is 27.0. The first-order chi connectivity index (χ1) is 15.2. The van der Waals surface area contributed by atoms with Crippen molar-refractivity contribution < 1.29 is 18.8 Å². The van der Waals surface area contributed by atoms with E-state index in [1.54, 1.807) is 25.0 Å². The lowest BCUT2D eigenvalue weighted by molar-refractivity contribution is -0.927. The number of benzene rings is 2. The molecule has 0 aliphatic carbocycles. The lowest BCUT2D eigenvalue weighted by Gasteiger charge is -2.37. The van der Waals surface area contributed by atoms with Crippen LogP contribution in [0.3, 0.4) is 0 Å². The Morgan fingerprint density at radius 1 is 1.06 bits per heavy atom. The number of nitrogens with one attached hydrogen (secondary N) is 1. The number of anilines is 1. The van der Waals surface area contributed by atoms with Crippen molar-refractivity contribution in [1.29, 1.82) is 0 Å². The molecular weight excluding hydrogens is 399 g/mol. The number of nitrogens with zero attached hydrogens (tertiary/aromatic N) is 5. The molecule has 0 bridgehead atoms. The number of quaternary nitrogens is 1. The van der Waals surface area contributed by atoms with Crippen LogP contribution in [-0.2, 0) is 11.3 Å². The maximum atomic E-state index is 14.3. The number of rotatable bonds is 8. The second-order valence-corrected chi connectivity index (χ2v) is 7.52. The maximum Gasteiger partial charge on any atom is 0.214 e. The highest BCUT2D eigenvalue weighted by molar-refractivity contribution is 5.47. The molecule has 0 saturated carbocycles. The number of hydrogen-bond acceptors (Lipinski definition) is 6. The summed E-state index contributed by atoms with van der Waals surface area (Å²) in [5.74, 6) is 1.39. The third-order valence-electron chi connectivity index (χ3n) is 5.78. The van der Waals surface area contributed by atoms with Crippen LogP contribution in [0.25, 0.3) is 0 Å². The lowest BCUT2D eigenvalue weighted by Crippen LogP contribution is -3.15. The van der Waals surface area contributed by atoms with Crippen molar-refractivity contribution >= 4 is 5.69 Å². The molecule has 31 heavy (non-hydrogen) atoms. The van der Waals surface area contributed by atoms with E-state index in [2.05, 4.69) is 26.5 Å². The third kappa shape index (κ3) is 4.52. The van der Waals surface area contributed by atoms with Crippen LogP contribution in [0.4, 0.5) is 10.1 Å². The molecule has 9 heteroatoms. The van der Waals surface area contributed by atoms with Crippen LogP contribution in [0.1, 0.15) is 17.4 Å². The highest BCUT2D eigenvalue weighted by Gasteiger charge is 2.36. The second-order valence-electron chi connectivity index (χ2n) is 7.52. The van der Waals surface area contributed by atoms with Gasteiger partial charge in [0.1, 0.15) is 11.6 Å². The molecule has 1 N–H and O–H groups in total. The van der Waals surface area contributed by atoms with Gasteiger partial charge in [0.05, 0.1) is 57.7 Å². The van der Waals surface area contributed by atoms with Crippen LogP contribution in [0, 0.1) is 5.82 Å². The summed E-state index contributed by atoms with van der Waals surface area (Å²) in [5, 5.41) is 12.5. The predicted octanol–water partition coefficient (Wildman–Crippen LogP) is 0.962. The number of methoxy groups -OCH3 is 2. The molecule has 0 unspecified atom stereocenters. The maximum absolute atomic E-state index is 14.3. The molecule has 3 aromatic rings. The number of halogens is 1. The van der Waals surface area contributed by atoms with Gasteiger partial charge < -0.3 is 19.3 Å². The number of hydrogen-bond donors (Lipinski definition) is 1. The molecule has 164 valence electrons. The molecule has 1 saturated heterocycles. The van der Waals surface area contributed by atoms with Gasteiger partial charge in [0.2, 0.25) is 5.82 Å². The SMILES string of the molecule is COCCn1nnnc1[C@@H](c1ccccc1OC)[NH+]1CCN(c2ccccc2F)CC1. The lowest BCUT2D eigenvalue weighted by atomic mass is 10.0. The van der Waals surface area contributed by atoms with Gasteiger partial charge in [-0.15, -0.1) is 5.10 Å². The summed E-state index contributed by atoms with van der Waals surface area (Å²) in [6.07, 6.45) is 0. The Labute approximate surface area is 181 Å². The number of para-hydroxylation sites is 2. The molecular formula is C22H28FN6O2+. The number of tetrazole rings is 1. The minimum Gasteiger partial charge on any atom is -0.496 e. The van der Waals surface area contributed by atoms with Crippen molar-refractivity contribution in [3.63, 3.8) is 0 Å². The molecule has 1 fully saturated rings. The van der Waals surface area contributed by atoms with E-state index in [1.807, 2.05) is 30.3 Å². The van der Waals surface area contributed by atoms with E-state index in [-0.39, 0.29) is 11.9 Å². The Morgan fingerprint density at radius 2 is 1.81 bits per heavy atom. The summed E-state index contributed by atoms with van der Waals surface area (Å²) in [6, 6.07) is 14.8. The van der Waals surface area contributed by atoms with Gasteiger partial charge in [0.25, 0.3) is 0 Å². The summed E-state index contributed by atoms with van der Waals surface area (Å²) in [7, 11) is 3.34. The topological polar surface area (TPSA) is 69.7 Å². The second kappa shape index (κ2) is 9.84. The first-order valence-corrected chi connectivity index (χ1v) is 10.4. The van der Waals surface area contributed by atoms with Crippen LogP contribution in [-0.4, -0.2) is 67.2 Å². The molecule has 8 nitrogen and oxygen atoms in total. The quantitative estimate of drug-likeness (QED) is 0.578. The zero-order chi connectivity index (χ0) is 21.6. The molecule has 0 radical (unpaired) electrons. The fourth-order valence-electron chi connectivity index (χ4n) is 4.23. The predicted molar refractivity (Wildman–Crippen MR) is 114 cm³/mol. The van der Waals surface area contributed by atoms with Crippen LogP contribution in [0.15, 0.2) is 48.5 Å². The largest absolute Gasteiger partial charge is 0.496 e. The zero-order valence-electron chi connectivity index (χ0n) is 17.9. The normalized spacial score (nSPS) is 15.8. The standard InChI is InChI=1S/C22H27FN6O2/c1-30-16-15-29-22(24-25-26-29)21(17-7-3-6-10-20(17)31-2)28-13-11-27(12-14-28)19-9-5-4-8-18(19)23/h3-10,21H,11-16H2,1-2H3/p+1/t21-/m1/s1. The summed E-state index contributed by atoms with van der Waals surface area (Å²) in [6.45, 7) is 4.19. The van der Waals surface area contributed by atoms with E-state index in [0.29, 0.717) is 18.8 Å². The van der Waals surface area contributed by atoms with E-state index in [4.69, 9.17) is 9.47 Å². The van der Waals surface area contributed by atoms with Gasteiger partial charge in [-0.3, -0.25) is 0 Å². The summed E-state index contributed by atoms with van der Waals surface area (Å²) in [4.78, 5) is 3.41.